The van der Waals surface area contributed by atoms with Crippen molar-refractivity contribution in [3.8, 4) is 0 Å². The SMILES string of the molecule is CCc1cc(Cl)cnc1N=CNO. The molecule has 0 unspecified atom stereocenters. The second-order valence-electron chi connectivity index (χ2n) is 2.38. The first-order valence-corrected chi connectivity index (χ1v) is 4.22. The van der Waals surface area contributed by atoms with Gasteiger partial charge in [0.15, 0.2) is 5.82 Å². The largest absolute Gasteiger partial charge is 0.290 e. The lowest BCUT2D eigenvalue weighted by atomic mass is 10.2. The highest BCUT2D eigenvalue weighted by atomic mass is 35.5. The van der Waals surface area contributed by atoms with Gasteiger partial charge in [0.05, 0.1) is 5.02 Å². The van der Waals surface area contributed by atoms with Gasteiger partial charge in [0.2, 0.25) is 0 Å². The number of aryl methyl sites for hydroxylation is 1. The molecule has 0 amide bonds. The van der Waals surface area contributed by atoms with E-state index >= 15 is 0 Å². The van der Waals surface area contributed by atoms with E-state index in [2.05, 4.69) is 9.98 Å². The zero-order valence-corrected chi connectivity index (χ0v) is 7.91. The summed E-state index contributed by atoms with van der Waals surface area (Å²) in [6.45, 7) is 1.98. The maximum atomic E-state index is 8.29. The van der Waals surface area contributed by atoms with E-state index in [0.29, 0.717) is 10.8 Å². The van der Waals surface area contributed by atoms with Crippen LogP contribution in [0.25, 0.3) is 0 Å². The smallest absolute Gasteiger partial charge is 0.156 e. The monoisotopic (exact) mass is 199 g/mol. The molecule has 0 saturated carbocycles. The molecule has 1 aromatic heterocycles. The van der Waals surface area contributed by atoms with E-state index in [0.717, 1.165) is 18.3 Å². The van der Waals surface area contributed by atoms with Crippen molar-refractivity contribution in [2.24, 2.45) is 4.99 Å². The summed E-state index contributed by atoms with van der Waals surface area (Å²) in [7, 11) is 0. The van der Waals surface area contributed by atoms with Crippen LogP contribution in [0.5, 0.6) is 0 Å². The molecule has 0 saturated heterocycles. The van der Waals surface area contributed by atoms with Crippen molar-refractivity contribution in [1.82, 2.24) is 10.5 Å². The van der Waals surface area contributed by atoms with E-state index in [1.165, 1.54) is 6.20 Å². The Balaban J connectivity index is 2.99. The van der Waals surface area contributed by atoms with E-state index in [9.17, 15) is 0 Å². The van der Waals surface area contributed by atoms with Crippen molar-refractivity contribution in [2.45, 2.75) is 13.3 Å². The second kappa shape index (κ2) is 4.79. The molecule has 0 bridgehead atoms. The van der Waals surface area contributed by atoms with Crippen LogP contribution in [0.2, 0.25) is 5.02 Å². The number of nitrogens with one attached hydrogen (secondary N) is 1. The summed E-state index contributed by atoms with van der Waals surface area (Å²) >= 11 is 5.75. The third-order valence-electron chi connectivity index (χ3n) is 1.53. The lowest BCUT2D eigenvalue weighted by Crippen LogP contribution is -2.01. The highest BCUT2D eigenvalue weighted by Gasteiger charge is 2.00. The van der Waals surface area contributed by atoms with Crippen molar-refractivity contribution < 1.29 is 5.21 Å². The Hall–Kier alpha value is -1.13. The Morgan fingerprint density at radius 3 is 3.15 bits per heavy atom. The molecule has 0 fully saturated rings. The van der Waals surface area contributed by atoms with Crippen molar-refractivity contribution >= 4 is 23.8 Å². The van der Waals surface area contributed by atoms with Crippen LogP contribution < -0.4 is 5.48 Å². The van der Waals surface area contributed by atoms with Crippen LogP contribution >= 0.6 is 11.6 Å². The van der Waals surface area contributed by atoms with Crippen molar-refractivity contribution in [1.29, 1.82) is 0 Å². The van der Waals surface area contributed by atoms with E-state index in [1.807, 2.05) is 12.4 Å². The Kier molecular flexibility index (Phi) is 3.67. The topological polar surface area (TPSA) is 57.5 Å². The summed E-state index contributed by atoms with van der Waals surface area (Å²) in [5.41, 5.74) is 2.76. The quantitative estimate of drug-likeness (QED) is 0.444. The number of aliphatic imine (C=N–C) groups is 1. The van der Waals surface area contributed by atoms with Crippen LogP contribution in [-0.4, -0.2) is 16.5 Å². The average molecular weight is 200 g/mol. The van der Waals surface area contributed by atoms with E-state index < -0.39 is 0 Å². The normalized spacial score (nSPS) is 10.7. The minimum Gasteiger partial charge on any atom is -0.290 e. The first-order valence-electron chi connectivity index (χ1n) is 3.84. The van der Waals surface area contributed by atoms with Crippen molar-refractivity contribution in [3.05, 3.63) is 22.8 Å². The molecule has 5 heteroatoms. The first-order chi connectivity index (χ1) is 6.27. The molecule has 0 aromatic carbocycles. The maximum absolute atomic E-state index is 8.29. The first kappa shape index (κ1) is 9.95. The van der Waals surface area contributed by atoms with Gasteiger partial charge in [-0.25, -0.2) is 9.98 Å². The van der Waals surface area contributed by atoms with Gasteiger partial charge in [-0.15, -0.1) is 0 Å². The molecule has 1 rings (SSSR count). The summed E-state index contributed by atoms with van der Waals surface area (Å²) in [6, 6.07) is 1.80. The molecule has 0 aliphatic heterocycles. The Labute approximate surface area is 81.2 Å². The van der Waals surface area contributed by atoms with Gasteiger partial charge in [-0.1, -0.05) is 18.5 Å². The highest BCUT2D eigenvalue weighted by molar-refractivity contribution is 6.30. The molecule has 0 radical (unpaired) electrons. The third-order valence-corrected chi connectivity index (χ3v) is 1.74. The summed E-state index contributed by atoms with van der Waals surface area (Å²) in [5, 5.41) is 8.88. The molecule has 13 heavy (non-hydrogen) atoms. The van der Waals surface area contributed by atoms with Crippen LogP contribution in [0.1, 0.15) is 12.5 Å². The summed E-state index contributed by atoms with van der Waals surface area (Å²) in [4.78, 5) is 7.89. The van der Waals surface area contributed by atoms with Gasteiger partial charge in [-0.2, -0.15) is 0 Å². The molecular weight excluding hydrogens is 190 g/mol. The summed E-state index contributed by atoms with van der Waals surface area (Å²) < 4.78 is 0. The standard InChI is InChI=1S/C8H10ClN3O/c1-2-6-3-7(9)4-10-8(6)11-5-12-13/h3-5,13H,2H2,1H3,(H,10,11,12). The third kappa shape index (κ3) is 2.68. The molecule has 1 aromatic rings. The lowest BCUT2D eigenvalue weighted by Gasteiger charge is -2.01. The number of hydrogen-bond acceptors (Lipinski definition) is 3. The number of halogens is 1. The Morgan fingerprint density at radius 2 is 2.54 bits per heavy atom. The minimum absolute atomic E-state index is 0.563. The molecule has 70 valence electrons. The van der Waals surface area contributed by atoms with Crippen LogP contribution in [0.3, 0.4) is 0 Å². The van der Waals surface area contributed by atoms with Crippen LogP contribution in [0, 0.1) is 0 Å². The number of rotatable bonds is 3. The fourth-order valence-corrected chi connectivity index (χ4v) is 1.12. The van der Waals surface area contributed by atoms with E-state index in [1.54, 1.807) is 6.07 Å². The van der Waals surface area contributed by atoms with Gasteiger partial charge in [-0.05, 0) is 18.1 Å². The molecule has 1 heterocycles. The molecule has 0 atom stereocenters. The van der Waals surface area contributed by atoms with Crippen LogP contribution in [0.4, 0.5) is 5.82 Å². The van der Waals surface area contributed by atoms with E-state index in [-0.39, 0.29) is 0 Å². The second-order valence-corrected chi connectivity index (χ2v) is 2.81. The van der Waals surface area contributed by atoms with Gasteiger partial charge >= 0.3 is 0 Å². The predicted octanol–water partition coefficient (Wildman–Crippen LogP) is 1.94. The van der Waals surface area contributed by atoms with Crippen molar-refractivity contribution in [2.75, 3.05) is 0 Å². The Morgan fingerprint density at radius 1 is 1.77 bits per heavy atom. The van der Waals surface area contributed by atoms with Crippen molar-refractivity contribution in [3.63, 3.8) is 0 Å². The molecule has 0 aliphatic rings. The summed E-state index contributed by atoms with van der Waals surface area (Å²) in [5.74, 6) is 0.563. The van der Waals surface area contributed by atoms with Gasteiger partial charge < -0.3 is 0 Å². The van der Waals surface area contributed by atoms with Gasteiger partial charge in [0.1, 0.15) is 6.34 Å². The summed E-state index contributed by atoms with van der Waals surface area (Å²) in [6.07, 6.45) is 3.48. The number of hydrogen-bond donors (Lipinski definition) is 2. The number of pyridine rings is 1. The molecule has 2 N–H and O–H groups in total. The molecule has 0 aliphatic carbocycles. The zero-order chi connectivity index (χ0) is 9.68. The molecule has 4 nitrogen and oxygen atoms in total. The number of hydroxylamine groups is 1. The minimum atomic E-state index is 0.563. The fraction of sp³-hybridized carbons (Fsp3) is 0.250. The van der Waals surface area contributed by atoms with Crippen LogP contribution in [-0.2, 0) is 6.42 Å². The maximum Gasteiger partial charge on any atom is 0.156 e. The van der Waals surface area contributed by atoms with Gasteiger partial charge in [-0.3, -0.25) is 10.7 Å². The average Bonchev–Trinajstić information content (AvgIpc) is 2.16. The van der Waals surface area contributed by atoms with E-state index in [4.69, 9.17) is 16.8 Å². The Bertz CT molecular complexity index is 314. The number of nitrogens with zero attached hydrogens (tertiary/aromatic N) is 2. The fourth-order valence-electron chi connectivity index (χ4n) is 0.940. The zero-order valence-electron chi connectivity index (χ0n) is 7.16. The highest BCUT2D eigenvalue weighted by Crippen LogP contribution is 2.19. The predicted molar refractivity (Wildman–Crippen MR) is 51.7 cm³/mol. The van der Waals surface area contributed by atoms with Crippen LogP contribution in [0.15, 0.2) is 17.3 Å². The van der Waals surface area contributed by atoms with Gasteiger partial charge in [0, 0.05) is 6.20 Å². The lowest BCUT2D eigenvalue weighted by molar-refractivity contribution is 0.240. The molecular formula is C8H10ClN3O. The number of aromatic nitrogens is 1. The van der Waals surface area contributed by atoms with Gasteiger partial charge in [0.25, 0.3) is 0 Å². The molecule has 0 spiro atoms.